The van der Waals surface area contributed by atoms with Crippen LogP contribution in [0.5, 0.6) is 0 Å². The van der Waals surface area contributed by atoms with Gasteiger partial charge in [0.1, 0.15) is 22.5 Å². The lowest BCUT2D eigenvalue weighted by Gasteiger charge is -2.34. The van der Waals surface area contributed by atoms with Gasteiger partial charge in [-0.25, -0.2) is 15.0 Å². The van der Waals surface area contributed by atoms with Crippen LogP contribution in [0.4, 0.5) is 0 Å². The van der Waals surface area contributed by atoms with Gasteiger partial charge in [0.15, 0.2) is 0 Å². The molecule has 52 heavy (non-hydrogen) atoms. The Morgan fingerprint density at radius 2 is 1.35 bits per heavy atom. The number of ether oxygens (including phenoxy) is 1. The van der Waals surface area contributed by atoms with Crippen LogP contribution in [0.15, 0.2) is 15.3 Å². The number of amides is 3. The van der Waals surface area contributed by atoms with Crippen LogP contribution < -0.4 is 11.1 Å². The van der Waals surface area contributed by atoms with Gasteiger partial charge in [0.05, 0.1) is 36.5 Å². The number of methoxy groups -OCH3 is 1. The summed E-state index contributed by atoms with van der Waals surface area (Å²) < 4.78 is 4.52. The largest absolute Gasteiger partial charge is 0.468 e. The molecule has 0 aliphatic carbocycles. The van der Waals surface area contributed by atoms with E-state index >= 15 is 0 Å². The standard InChI is InChI=1S/C9H15N3O.2C8H13N3O.C8H13NO3.CH4N2/c1-9-6-11(2)5-4-7(9)10-12(3)8(9)13;1-10-4-3-7-6(5-10)8(12)11(2)9-7;1-8-5-9-4-3-6(8)10-11(2)7(8)12;1-9-4-3-7(10)6(5-9)8(11)12-2;2-1-3/h4-6H2,1-3H3;6H,3-5H2,1-2H3;9H,3-5H2,1-2H3;6H,3-5H2,1-2H3;1H,(H3,2,3). The van der Waals surface area contributed by atoms with E-state index in [9.17, 15) is 24.0 Å². The second-order valence-corrected chi connectivity index (χ2v) is 14.6. The van der Waals surface area contributed by atoms with Gasteiger partial charge in [-0.3, -0.25) is 29.4 Å². The first-order chi connectivity index (χ1) is 24.4. The fraction of sp³-hybridized carbons (Fsp3) is 0.735. The van der Waals surface area contributed by atoms with E-state index in [2.05, 4.69) is 40.9 Å². The Labute approximate surface area is 306 Å². The average Bonchev–Trinajstić information content (AvgIpc) is 3.62. The number of carbonyl (C=O) groups is 5. The van der Waals surface area contributed by atoms with Crippen LogP contribution in [0.25, 0.3) is 0 Å². The molecule has 4 unspecified atom stereocenters. The molecule has 4 atom stereocenters. The predicted molar refractivity (Wildman–Crippen MR) is 198 cm³/mol. The zero-order valence-electron chi connectivity index (χ0n) is 32.3. The van der Waals surface area contributed by atoms with Gasteiger partial charge in [0, 0.05) is 99.2 Å². The molecule has 0 bridgehead atoms. The molecule has 4 N–H and O–H groups in total. The van der Waals surface area contributed by atoms with Gasteiger partial charge in [-0.2, -0.15) is 15.3 Å². The maximum absolute atomic E-state index is 11.8. The molecule has 0 saturated carbocycles. The van der Waals surface area contributed by atoms with Crippen molar-refractivity contribution in [2.45, 2.75) is 39.5 Å². The number of ketones is 1. The van der Waals surface area contributed by atoms with Crippen molar-refractivity contribution < 1.29 is 28.7 Å². The lowest BCUT2D eigenvalue weighted by Crippen LogP contribution is -2.49. The number of nitrogens with zero attached hydrogens (tertiary/aromatic N) is 9. The van der Waals surface area contributed by atoms with E-state index in [-0.39, 0.29) is 40.3 Å². The summed E-state index contributed by atoms with van der Waals surface area (Å²) in [4.78, 5) is 63.5. The third-order valence-electron chi connectivity index (χ3n) is 10.3. The van der Waals surface area contributed by atoms with E-state index in [1.54, 1.807) is 21.1 Å². The highest BCUT2D eigenvalue weighted by Gasteiger charge is 2.48. The topological polar surface area (TPSA) is 213 Å². The SMILES string of the molecule is CN1CCC2=NN(C)C(=O)C2(C)C1.CN1CCC2=NN(C)C(=O)C2C1.CN1N=C2CCNCC2(C)C1=O.COC(=O)C1CN(C)CCC1=O.N=CN. The first-order valence-corrected chi connectivity index (χ1v) is 17.6. The number of fused-ring (bicyclic) bond motifs is 3. The zero-order valence-corrected chi connectivity index (χ0v) is 32.3. The molecular weight excluding hydrogens is 672 g/mol. The number of hydrogen-bond donors (Lipinski definition) is 3. The molecule has 7 aliphatic rings. The number of likely N-dealkylation sites (tertiary alicyclic amines) is 3. The molecule has 18 nitrogen and oxygen atoms in total. The monoisotopic (exact) mass is 730 g/mol. The number of nitrogens with one attached hydrogen (secondary N) is 2. The van der Waals surface area contributed by atoms with E-state index < -0.39 is 11.9 Å². The van der Waals surface area contributed by atoms with E-state index in [1.165, 1.54) is 22.1 Å². The Hall–Kier alpha value is -4.13. The van der Waals surface area contributed by atoms with Crippen molar-refractivity contribution in [1.82, 2.24) is 35.0 Å². The van der Waals surface area contributed by atoms with E-state index in [4.69, 9.17) is 5.41 Å². The van der Waals surface area contributed by atoms with Gasteiger partial charge in [0.2, 0.25) is 0 Å². The molecule has 0 spiro atoms. The highest BCUT2D eigenvalue weighted by atomic mass is 16.5. The Kier molecular flexibility index (Phi) is 14.7. The number of esters is 1. The van der Waals surface area contributed by atoms with Crippen LogP contribution in [-0.2, 0) is 28.7 Å². The molecule has 4 fully saturated rings. The summed E-state index contributed by atoms with van der Waals surface area (Å²) in [6, 6.07) is 0. The molecule has 3 amide bonds. The van der Waals surface area contributed by atoms with Gasteiger partial charge in [-0.1, -0.05) is 0 Å². The van der Waals surface area contributed by atoms with Crippen molar-refractivity contribution in [2.75, 3.05) is 102 Å². The summed E-state index contributed by atoms with van der Waals surface area (Å²) in [5, 5.41) is 26.2. The van der Waals surface area contributed by atoms with Crippen LogP contribution in [0.2, 0.25) is 0 Å². The first-order valence-electron chi connectivity index (χ1n) is 17.6. The van der Waals surface area contributed by atoms with Crippen LogP contribution in [0.1, 0.15) is 39.5 Å². The number of hydrazone groups is 3. The highest BCUT2D eigenvalue weighted by molar-refractivity contribution is 6.13. The van der Waals surface area contributed by atoms with E-state index in [1.807, 2.05) is 39.9 Å². The molecule has 18 heteroatoms. The fourth-order valence-corrected chi connectivity index (χ4v) is 7.21. The summed E-state index contributed by atoms with van der Waals surface area (Å²) in [5.41, 5.74) is 6.85. The minimum atomic E-state index is -0.561. The smallest absolute Gasteiger partial charge is 0.317 e. The van der Waals surface area contributed by atoms with Crippen molar-refractivity contribution in [3.05, 3.63) is 0 Å². The number of Topliss-reactive ketones (excluding diaryl/α,β-unsaturated/α-hetero) is 1. The van der Waals surface area contributed by atoms with Crippen molar-refractivity contribution in [3.63, 3.8) is 0 Å². The molecule has 7 aliphatic heterocycles. The van der Waals surface area contributed by atoms with E-state index in [0.29, 0.717) is 13.0 Å². The number of hydrogen-bond acceptors (Lipinski definition) is 14. The summed E-state index contributed by atoms with van der Waals surface area (Å²) in [6.07, 6.45) is 3.96. The Morgan fingerprint density at radius 3 is 1.94 bits per heavy atom. The quantitative estimate of drug-likeness (QED) is 0.128. The molecule has 7 heterocycles. The third-order valence-corrected chi connectivity index (χ3v) is 10.3. The normalized spacial score (nSPS) is 29.9. The maximum Gasteiger partial charge on any atom is 0.317 e. The van der Waals surface area contributed by atoms with Crippen molar-refractivity contribution in [1.29, 1.82) is 5.41 Å². The molecule has 0 aromatic carbocycles. The van der Waals surface area contributed by atoms with Crippen LogP contribution >= 0.6 is 0 Å². The van der Waals surface area contributed by atoms with Gasteiger partial charge in [0.25, 0.3) is 17.7 Å². The van der Waals surface area contributed by atoms with Crippen molar-refractivity contribution in [3.8, 4) is 0 Å². The average molecular weight is 731 g/mol. The zero-order chi connectivity index (χ0) is 39.0. The third kappa shape index (κ3) is 9.64. The Morgan fingerprint density at radius 1 is 0.808 bits per heavy atom. The van der Waals surface area contributed by atoms with Crippen LogP contribution in [0, 0.1) is 28.1 Å². The van der Waals surface area contributed by atoms with Gasteiger partial charge >= 0.3 is 5.97 Å². The minimum Gasteiger partial charge on any atom is -0.468 e. The fourth-order valence-electron chi connectivity index (χ4n) is 7.21. The summed E-state index contributed by atoms with van der Waals surface area (Å²) >= 11 is 0. The first kappa shape index (κ1) is 42.3. The van der Waals surface area contributed by atoms with Gasteiger partial charge < -0.3 is 30.5 Å². The molecule has 7 rings (SSSR count). The van der Waals surface area contributed by atoms with Crippen LogP contribution in [0.3, 0.4) is 0 Å². The van der Waals surface area contributed by atoms with Gasteiger partial charge in [-0.05, 0) is 35.0 Å². The maximum atomic E-state index is 11.8. The van der Waals surface area contributed by atoms with Crippen LogP contribution in [-0.4, -0.2) is 184 Å². The highest BCUT2D eigenvalue weighted by Crippen LogP contribution is 2.33. The summed E-state index contributed by atoms with van der Waals surface area (Å²) in [6.45, 7) is 10.5. The van der Waals surface area contributed by atoms with Crippen molar-refractivity contribution in [2.24, 2.45) is 43.7 Å². The molecule has 0 radical (unpaired) electrons. The van der Waals surface area contributed by atoms with Crippen molar-refractivity contribution >= 4 is 52.9 Å². The Bertz CT molecular complexity index is 1460. The second kappa shape index (κ2) is 18.1. The second-order valence-electron chi connectivity index (χ2n) is 14.6. The lowest BCUT2D eigenvalue weighted by atomic mass is 9.80. The predicted octanol–water partition coefficient (Wildman–Crippen LogP) is -1.03. The summed E-state index contributed by atoms with van der Waals surface area (Å²) in [7, 11) is 12.5. The number of nitrogens with two attached hydrogens (primary N) is 1. The lowest BCUT2D eigenvalue weighted by molar-refractivity contribution is -0.151. The van der Waals surface area contributed by atoms with Gasteiger partial charge in [-0.15, -0.1) is 0 Å². The summed E-state index contributed by atoms with van der Waals surface area (Å²) in [5.74, 6) is -0.524. The van der Waals surface area contributed by atoms with E-state index in [0.717, 1.165) is 88.5 Å². The molecule has 0 aromatic heterocycles. The Balaban J connectivity index is 0.000000182. The number of carbonyl (C=O) groups excluding carboxylic acids is 5. The molecule has 4 saturated heterocycles. The number of rotatable bonds is 1. The minimum absolute atomic E-state index is 0.0000463. The molecular formula is C34H58N12O6. The molecule has 0 aromatic rings. The number of piperidine rings is 4. The molecule has 290 valence electrons.